The van der Waals surface area contributed by atoms with Crippen LogP contribution in [0.5, 0.6) is 0 Å². The number of rotatable bonds is 3. The summed E-state index contributed by atoms with van der Waals surface area (Å²) in [5.41, 5.74) is 6.23. The summed E-state index contributed by atoms with van der Waals surface area (Å²) in [6.07, 6.45) is 1.99. The van der Waals surface area contributed by atoms with Gasteiger partial charge in [0.2, 0.25) is 0 Å². The van der Waals surface area contributed by atoms with E-state index in [2.05, 4.69) is 4.98 Å². The topological polar surface area (TPSA) is 65.2 Å². The zero-order valence-corrected chi connectivity index (χ0v) is 9.49. The number of pyridine rings is 1. The second kappa shape index (κ2) is 7.79. The lowest BCUT2D eigenvalue weighted by atomic mass is 10.3. The first-order valence-corrected chi connectivity index (χ1v) is 5.08. The Hall–Kier alpha value is -1.58. The number of carbonyl (C=O) groups excluding carboxylic acids is 1. The summed E-state index contributed by atoms with van der Waals surface area (Å²) in [5.74, 6) is 0.252. The number of ether oxygens (including phenoxy) is 1. The van der Waals surface area contributed by atoms with Crippen LogP contribution in [0.3, 0.4) is 0 Å². The molecule has 0 unspecified atom stereocenters. The number of carbonyl (C=O) groups is 1. The monoisotopic (exact) mass is 210 g/mol. The molecular weight excluding hydrogens is 192 g/mol. The Morgan fingerprint density at radius 2 is 2.13 bits per heavy atom. The van der Waals surface area contributed by atoms with Gasteiger partial charge in [0.1, 0.15) is 12.4 Å². The Balaban J connectivity index is 0.000000921. The minimum absolute atomic E-state index is 0.211. The molecule has 0 saturated carbocycles. The fourth-order valence-corrected chi connectivity index (χ4v) is 0.787. The van der Waals surface area contributed by atoms with Crippen molar-refractivity contribution in [2.75, 3.05) is 5.73 Å². The summed E-state index contributed by atoms with van der Waals surface area (Å²) in [4.78, 5) is 14.7. The van der Waals surface area contributed by atoms with Crippen molar-refractivity contribution in [3.05, 3.63) is 23.9 Å². The zero-order chi connectivity index (χ0) is 11.7. The number of nitrogens with two attached hydrogens (primary N) is 1. The van der Waals surface area contributed by atoms with E-state index >= 15 is 0 Å². The van der Waals surface area contributed by atoms with Gasteiger partial charge in [-0.1, -0.05) is 26.8 Å². The molecule has 1 rings (SSSR count). The molecule has 0 aliphatic rings. The number of anilines is 1. The summed E-state index contributed by atoms with van der Waals surface area (Å²) in [5, 5.41) is 0. The van der Waals surface area contributed by atoms with Gasteiger partial charge in [-0.25, -0.2) is 4.98 Å². The van der Waals surface area contributed by atoms with Crippen molar-refractivity contribution in [2.24, 2.45) is 0 Å². The van der Waals surface area contributed by atoms with Crippen molar-refractivity contribution in [3.63, 3.8) is 0 Å². The molecule has 1 aromatic heterocycles. The number of hydrogen-bond acceptors (Lipinski definition) is 4. The van der Waals surface area contributed by atoms with Gasteiger partial charge >= 0.3 is 5.97 Å². The van der Waals surface area contributed by atoms with Gasteiger partial charge in [0.25, 0.3) is 0 Å². The Bertz CT molecular complexity index is 283. The van der Waals surface area contributed by atoms with Crippen molar-refractivity contribution in [2.45, 2.75) is 33.8 Å². The van der Waals surface area contributed by atoms with Crippen LogP contribution in [0.2, 0.25) is 0 Å². The average Bonchev–Trinajstić information content (AvgIpc) is 2.30. The molecule has 0 atom stereocenters. The maximum atomic E-state index is 10.8. The standard InChI is InChI=1S/C9H12N2O2.C2H6/c1-2-9(12)13-6-7-3-4-8(10)11-5-7;1-2/h3-5H,2,6H2,1H3,(H2,10,11);1-2H3. The van der Waals surface area contributed by atoms with Gasteiger partial charge in [-0.3, -0.25) is 4.79 Å². The Kier molecular flexibility index (Phi) is 6.97. The number of esters is 1. The van der Waals surface area contributed by atoms with E-state index in [1.807, 2.05) is 13.8 Å². The number of aromatic nitrogens is 1. The fraction of sp³-hybridized carbons (Fsp3) is 0.455. The highest BCUT2D eigenvalue weighted by Gasteiger charge is 1.99. The molecule has 1 heterocycles. The van der Waals surface area contributed by atoms with Crippen LogP contribution in [0.15, 0.2) is 18.3 Å². The van der Waals surface area contributed by atoms with E-state index in [-0.39, 0.29) is 12.6 Å². The van der Waals surface area contributed by atoms with Gasteiger partial charge in [-0.15, -0.1) is 0 Å². The summed E-state index contributed by atoms with van der Waals surface area (Å²) in [7, 11) is 0. The molecule has 15 heavy (non-hydrogen) atoms. The molecule has 0 aromatic carbocycles. The van der Waals surface area contributed by atoms with E-state index in [1.54, 1.807) is 25.3 Å². The highest BCUT2D eigenvalue weighted by molar-refractivity contribution is 5.68. The maximum absolute atomic E-state index is 10.8. The van der Waals surface area contributed by atoms with Crippen LogP contribution in [0.4, 0.5) is 5.82 Å². The lowest BCUT2D eigenvalue weighted by molar-refractivity contribution is -0.144. The van der Waals surface area contributed by atoms with Crippen molar-refractivity contribution in [3.8, 4) is 0 Å². The molecule has 0 amide bonds. The van der Waals surface area contributed by atoms with E-state index in [0.717, 1.165) is 5.56 Å². The third-order valence-corrected chi connectivity index (χ3v) is 1.54. The lowest BCUT2D eigenvalue weighted by Gasteiger charge is -2.02. The second-order valence-corrected chi connectivity index (χ2v) is 2.61. The highest BCUT2D eigenvalue weighted by Crippen LogP contribution is 2.03. The quantitative estimate of drug-likeness (QED) is 0.776. The summed E-state index contributed by atoms with van der Waals surface area (Å²) < 4.78 is 4.90. The summed E-state index contributed by atoms with van der Waals surface area (Å²) in [6.45, 7) is 6.02. The molecule has 0 radical (unpaired) electrons. The summed E-state index contributed by atoms with van der Waals surface area (Å²) >= 11 is 0. The first kappa shape index (κ1) is 13.4. The van der Waals surface area contributed by atoms with Gasteiger partial charge < -0.3 is 10.5 Å². The molecule has 0 aliphatic heterocycles. The van der Waals surface area contributed by atoms with Crippen LogP contribution in [0.1, 0.15) is 32.8 Å². The van der Waals surface area contributed by atoms with Crippen LogP contribution in [-0.4, -0.2) is 11.0 Å². The van der Waals surface area contributed by atoms with Gasteiger partial charge in [-0.2, -0.15) is 0 Å². The molecule has 0 bridgehead atoms. The van der Waals surface area contributed by atoms with E-state index < -0.39 is 0 Å². The Morgan fingerprint density at radius 3 is 2.60 bits per heavy atom. The highest BCUT2D eigenvalue weighted by atomic mass is 16.5. The molecule has 4 heteroatoms. The molecule has 0 saturated heterocycles. The fourth-order valence-electron chi connectivity index (χ4n) is 0.787. The van der Waals surface area contributed by atoms with Gasteiger partial charge in [0.05, 0.1) is 0 Å². The van der Waals surface area contributed by atoms with Crippen molar-refractivity contribution in [1.29, 1.82) is 0 Å². The predicted molar refractivity (Wildman–Crippen MR) is 60.1 cm³/mol. The van der Waals surface area contributed by atoms with Crippen molar-refractivity contribution in [1.82, 2.24) is 4.98 Å². The van der Waals surface area contributed by atoms with Crippen LogP contribution in [-0.2, 0) is 16.1 Å². The smallest absolute Gasteiger partial charge is 0.305 e. The van der Waals surface area contributed by atoms with E-state index in [4.69, 9.17) is 10.5 Å². The SMILES string of the molecule is CC.CCC(=O)OCc1ccc(N)nc1. The first-order valence-electron chi connectivity index (χ1n) is 5.08. The van der Waals surface area contributed by atoms with E-state index in [9.17, 15) is 4.79 Å². The molecule has 2 N–H and O–H groups in total. The second-order valence-electron chi connectivity index (χ2n) is 2.61. The molecule has 0 spiro atoms. The maximum Gasteiger partial charge on any atom is 0.305 e. The van der Waals surface area contributed by atoms with Crippen LogP contribution < -0.4 is 5.73 Å². The Morgan fingerprint density at radius 1 is 1.47 bits per heavy atom. The zero-order valence-electron chi connectivity index (χ0n) is 9.49. The third-order valence-electron chi connectivity index (χ3n) is 1.54. The van der Waals surface area contributed by atoms with Crippen LogP contribution in [0, 0.1) is 0 Å². The van der Waals surface area contributed by atoms with Gasteiger partial charge in [0, 0.05) is 18.2 Å². The van der Waals surface area contributed by atoms with Crippen molar-refractivity contribution >= 4 is 11.8 Å². The van der Waals surface area contributed by atoms with Crippen LogP contribution >= 0.6 is 0 Å². The number of hydrogen-bond donors (Lipinski definition) is 1. The molecule has 4 nitrogen and oxygen atoms in total. The van der Waals surface area contributed by atoms with E-state index in [1.165, 1.54) is 0 Å². The van der Waals surface area contributed by atoms with Gasteiger partial charge in [-0.05, 0) is 6.07 Å². The minimum atomic E-state index is -0.211. The average molecular weight is 210 g/mol. The molecule has 0 fully saturated rings. The molecule has 0 aliphatic carbocycles. The van der Waals surface area contributed by atoms with Crippen LogP contribution in [0.25, 0.3) is 0 Å². The van der Waals surface area contributed by atoms with E-state index in [0.29, 0.717) is 12.2 Å². The largest absolute Gasteiger partial charge is 0.461 e. The third kappa shape index (κ3) is 5.67. The molecule has 1 aromatic rings. The normalized spacial score (nSPS) is 8.73. The number of nitrogen functional groups attached to an aromatic ring is 1. The van der Waals surface area contributed by atoms with Crippen molar-refractivity contribution < 1.29 is 9.53 Å². The Labute approximate surface area is 90.5 Å². The van der Waals surface area contributed by atoms with Gasteiger partial charge in [0.15, 0.2) is 0 Å². The lowest BCUT2D eigenvalue weighted by Crippen LogP contribution is -2.02. The number of nitrogens with zero attached hydrogens (tertiary/aromatic N) is 1. The molecule has 84 valence electrons. The summed E-state index contributed by atoms with van der Waals surface area (Å²) in [6, 6.07) is 3.46. The predicted octanol–water partition coefficient (Wildman–Crippen LogP) is 2.14. The minimum Gasteiger partial charge on any atom is -0.461 e. The first-order chi connectivity index (χ1) is 7.22. The molecular formula is C11H18N2O2.